The third-order valence-corrected chi connectivity index (χ3v) is 4.23. The molecule has 6 nitrogen and oxygen atoms in total. The lowest BCUT2D eigenvalue weighted by Gasteiger charge is -2.26. The second-order valence-electron chi connectivity index (χ2n) is 6.18. The van der Waals surface area contributed by atoms with Crippen LogP contribution in [0.15, 0.2) is 47.1 Å². The van der Waals surface area contributed by atoms with Gasteiger partial charge in [-0.3, -0.25) is 9.59 Å². The van der Waals surface area contributed by atoms with Gasteiger partial charge in [-0.2, -0.15) is 0 Å². The topological polar surface area (TPSA) is 91.6 Å². The summed E-state index contributed by atoms with van der Waals surface area (Å²) in [5.74, 6) is -1.12. The molecule has 126 valence electrons. The maximum absolute atomic E-state index is 12.0. The fourth-order valence-corrected chi connectivity index (χ4v) is 2.64. The smallest absolute Gasteiger partial charge is 0.313 e. The van der Waals surface area contributed by atoms with Gasteiger partial charge in [0, 0.05) is 5.69 Å². The number of aliphatic hydroxyl groups is 1. The number of nitrogens with one attached hydrogen (secondary N) is 2. The van der Waals surface area contributed by atoms with E-state index in [0.717, 1.165) is 18.4 Å². The normalized spacial score (nSPS) is 16.2. The minimum absolute atomic E-state index is 0.0316. The quantitative estimate of drug-likeness (QED) is 0.732. The molecule has 0 saturated heterocycles. The zero-order chi connectivity index (χ0) is 17.2. The van der Waals surface area contributed by atoms with Crippen molar-refractivity contribution in [3.63, 3.8) is 0 Å². The highest BCUT2D eigenvalue weighted by atomic mass is 16.4. The van der Waals surface area contributed by atoms with Crippen LogP contribution in [-0.2, 0) is 15.2 Å². The summed E-state index contributed by atoms with van der Waals surface area (Å²) in [5.41, 5.74) is 0.332. The van der Waals surface area contributed by atoms with Crippen LogP contribution in [-0.4, -0.2) is 23.5 Å². The lowest BCUT2D eigenvalue weighted by Crippen LogP contribution is -2.45. The Morgan fingerprint density at radius 3 is 2.50 bits per heavy atom. The predicted octanol–water partition coefficient (Wildman–Crippen LogP) is 1.94. The number of rotatable bonds is 5. The van der Waals surface area contributed by atoms with E-state index in [4.69, 9.17) is 4.42 Å². The minimum Gasteiger partial charge on any atom is -0.466 e. The number of furan rings is 1. The van der Waals surface area contributed by atoms with Gasteiger partial charge in [0.2, 0.25) is 0 Å². The minimum atomic E-state index is -1.27. The SMILES string of the molecule is Cc1ccc(NC(=O)C(=O)NCC(O)(c2ccco2)C2CC2)cc1. The molecule has 0 bridgehead atoms. The van der Waals surface area contributed by atoms with Crippen LogP contribution >= 0.6 is 0 Å². The summed E-state index contributed by atoms with van der Waals surface area (Å²) in [4.78, 5) is 24.0. The first-order chi connectivity index (χ1) is 11.5. The van der Waals surface area contributed by atoms with Crippen LogP contribution in [0, 0.1) is 12.8 Å². The molecule has 24 heavy (non-hydrogen) atoms. The Kier molecular flexibility index (Phi) is 4.40. The zero-order valence-electron chi connectivity index (χ0n) is 13.4. The Hall–Kier alpha value is -2.60. The van der Waals surface area contributed by atoms with Gasteiger partial charge < -0.3 is 20.2 Å². The molecular formula is C18H20N2O4. The van der Waals surface area contributed by atoms with E-state index < -0.39 is 17.4 Å². The maximum atomic E-state index is 12.0. The fraction of sp³-hybridized carbons (Fsp3) is 0.333. The van der Waals surface area contributed by atoms with Gasteiger partial charge in [-0.15, -0.1) is 0 Å². The fourth-order valence-electron chi connectivity index (χ4n) is 2.64. The lowest BCUT2D eigenvalue weighted by atomic mass is 9.94. The van der Waals surface area contributed by atoms with E-state index >= 15 is 0 Å². The Labute approximate surface area is 139 Å². The Bertz CT molecular complexity index is 720. The highest BCUT2D eigenvalue weighted by molar-refractivity contribution is 6.39. The molecule has 0 aliphatic heterocycles. The Balaban J connectivity index is 1.59. The summed E-state index contributed by atoms with van der Waals surface area (Å²) < 4.78 is 5.30. The first-order valence-electron chi connectivity index (χ1n) is 7.91. The van der Waals surface area contributed by atoms with Crippen molar-refractivity contribution in [3.05, 3.63) is 54.0 Å². The molecule has 0 radical (unpaired) electrons. The Morgan fingerprint density at radius 1 is 1.21 bits per heavy atom. The molecule has 3 N–H and O–H groups in total. The molecule has 1 aliphatic carbocycles. The van der Waals surface area contributed by atoms with E-state index in [9.17, 15) is 14.7 Å². The van der Waals surface area contributed by atoms with E-state index in [-0.39, 0.29) is 12.5 Å². The van der Waals surface area contributed by atoms with Crippen LogP contribution in [0.1, 0.15) is 24.2 Å². The monoisotopic (exact) mass is 328 g/mol. The first kappa shape index (κ1) is 16.3. The van der Waals surface area contributed by atoms with E-state index in [1.54, 1.807) is 24.3 Å². The third kappa shape index (κ3) is 3.49. The average Bonchev–Trinajstić information content (AvgIpc) is 3.29. The summed E-state index contributed by atoms with van der Waals surface area (Å²) in [5, 5.41) is 15.9. The molecule has 0 spiro atoms. The van der Waals surface area contributed by atoms with Crippen LogP contribution in [0.5, 0.6) is 0 Å². The molecule has 1 fully saturated rings. The molecule has 2 amide bonds. The second kappa shape index (κ2) is 6.49. The Morgan fingerprint density at radius 2 is 1.92 bits per heavy atom. The number of anilines is 1. The molecule has 1 aromatic heterocycles. The lowest BCUT2D eigenvalue weighted by molar-refractivity contribution is -0.137. The molecule has 3 rings (SSSR count). The second-order valence-corrected chi connectivity index (χ2v) is 6.18. The van der Waals surface area contributed by atoms with Crippen molar-refractivity contribution >= 4 is 17.5 Å². The van der Waals surface area contributed by atoms with Gasteiger partial charge in [-0.1, -0.05) is 17.7 Å². The highest BCUT2D eigenvalue weighted by Gasteiger charge is 2.47. The number of carbonyl (C=O) groups excluding carboxylic acids is 2. The van der Waals surface area contributed by atoms with Crippen LogP contribution in [0.25, 0.3) is 0 Å². The number of carbonyl (C=O) groups is 2. The van der Waals surface area contributed by atoms with E-state index in [1.165, 1.54) is 6.26 Å². The number of hydrogen-bond donors (Lipinski definition) is 3. The van der Waals surface area contributed by atoms with Crippen LogP contribution in [0.4, 0.5) is 5.69 Å². The van der Waals surface area contributed by atoms with Crippen LogP contribution in [0.3, 0.4) is 0 Å². The van der Waals surface area contributed by atoms with Crippen molar-refractivity contribution in [3.8, 4) is 0 Å². The third-order valence-electron chi connectivity index (χ3n) is 4.23. The number of aryl methyl sites for hydroxylation is 1. The summed E-state index contributed by atoms with van der Waals surface area (Å²) in [6.07, 6.45) is 3.21. The van der Waals surface area contributed by atoms with Crippen LogP contribution in [0.2, 0.25) is 0 Å². The number of hydrogen-bond acceptors (Lipinski definition) is 4. The largest absolute Gasteiger partial charge is 0.466 e. The molecule has 1 aliphatic rings. The van der Waals surface area contributed by atoms with E-state index in [0.29, 0.717) is 11.4 Å². The maximum Gasteiger partial charge on any atom is 0.313 e. The van der Waals surface area contributed by atoms with Crippen molar-refractivity contribution in [2.45, 2.75) is 25.4 Å². The zero-order valence-corrected chi connectivity index (χ0v) is 13.4. The van der Waals surface area contributed by atoms with Crippen molar-refractivity contribution in [2.24, 2.45) is 5.92 Å². The highest BCUT2D eigenvalue weighted by Crippen LogP contribution is 2.45. The molecule has 1 aromatic carbocycles. The van der Waals surface area contributed by atoms with Gasteiger partial charge in [0.05, 0.1) is 12.8 Å². The van der Waals surface area contributed by atoms with E-state index in [2.05, 4.69) is 10.6 Å². The van der Waals surface area contributed by atoms with Crippen molar-refractivity contribution in [2.75, 3.05) is 11.9 Å². The summed E-state index contributed by atoms with van der Waals surface area (Å²) in [6.45, 7) is 1.87. The summed E-state index contributed by atoms with van der Waals surface area (Å²) >= 11 is 0. The van der Waals surface area contributed by atoms with Crippen LogP contribution < -0.4 is 10.6 Å². The van der Waals surface area contributed by atoms with Gasteiger partial charge in [-0.25, -0.2) is 0 Å². The van der Waals surface area contributed by atoms with Gasteiger partial charge in [0.25, 0.3) is 0 Å². The molecule has 1 saturated carbocycles. The number of amides is 2. The van der Waals surface area contributed by atoms with Gasteiger partial charge >= 0.3 is 11.8 Å². The molecule has 1 atom stereocenters. The van der Waals surface area contributed by atoms with Gasteiger partial charge in [0.1, 0.15) is 11.4 Å². The van der Waals surface area contributed by atoms with Crippen molar-refractivity contribution in [1.82, 2.24) is 5.32 Å². The summed E-state index contributed by atoms with van der Waals surface area (Å²) in [6, 6.07) is 10.5. The number of benzene rings is 1. The first-order valence-corrected chi connectivity index (χ1v) is 7.91. The van der Waals surface area contributed by atoms with Gasteiger partial charge in [0.15, 0.2) is 0 Å². The standard InChI is InChI=1S/C18H20N2O4/c1-12-4-8-14(9-5-12)20-17(22)16(21)19-11-18(23,13-6-7-13)15-3-2-10-24-15/h2-5,8-10,13,23H,6-7,11H2,1H3,(H,19,21)(H,20,22). The van der Waals surface area contributed by atoms with E-state index in [1.807, 2.05) is 19.1 Å². The molecule has 2 aromatic rings. The van der Waals surface area contributed by atoms with Crippen molar-refractivity contribution < 1.29 is 19.1 Å². The average molecular weight is 328 g/mol. The molecule has 1 unspecified atom stereocenters. The predicted molar refractivity (Wildman–Crippen MR) is 88.1 cm³/mol. The molecule has 1 heterocycles. The summed E-state index contributed by atoms with van der Waals surface area (Å²) in [7, 11) is 0. The molecule has 6 heteroatoms. The molecular weight excluding hydrogens is 308 g/mol. The van der Waals surface area contributed by atoms with Gasteiger partial charge in [-0.05, 0) is 49.9 Å². The van der Waals surface area contributed by atoms with Crippen molar-refractivity contribution in [1.29, 1.82) is 0 Å².